The maximum Gasteiger partial charge on any atom is 0.416 e. The number of rotatable bonds is 3. The summed E-state index contributed by atoms with van der Waals surface area (Å²) in [5, 5.41) is 7.04. The monoisotopic (exact) mass is 369 g/mol. The molecule has 1 unspecified atom stereocenters. The van der Waals surface area contributed by atoms with Gasteiger partial charge in [0.25, 0.3) is 5.56 Å². The molecule has 1 N–H and O–H groups in total. The molecule has 1 aliphatic carbocycles. The van der Waals surface area contributed by atoms with Crippen molar-refractivity contribution in [3.63, 3.8) is 0 Å². The second-order valence-electron chi connectivity index (χ2n) is 5.76. The summed E-state index contributed by atoms with van der Waals surface area (Å²) in [6, 6.07) is 4.54. The number of alkyl halides is 3. The van der Waals surface area contributed by atoms with Crippen molar-refractivity contribution in [2.45, 2.75) is 31.5 Å². The summed E-state index contributed by atoms with van der Waals surface area (Å²) in [5.74, 6) is 0. The summed E-state index contributed by atoms with van der Waals surface area (Å²) in [4.78, 5) is 12.4. The van der Waals surface area contributed by atoms with E-state index in [-0.39, 0.29) is 16.8 Å². The number of nitrogens with one attached hydrogen (secondary N) is 1. The van der Waals surface area contributed by atoms with Crippen LogP contribution in [-0.4, -0.2) is 15.8 Å². The van der Waals surface area contributed by atoms with Gasteiger partial charge in [0.2, 0.25) is 0 Å². The first kappa shape index (κ1) is 17.5. The Balaban J connectivity index is 1.93. The molecule has 0 fully saturated rings. The number of hydrogen-bond acceptors (Lipinski definition) is 3. The predicted molar refractivity (Wildman–Crippen MR) is 90.2 cm³/mol. The smallest absolute Gasteiger partial charge is 0.379 e. The zero-order chi connectivity index (χ0) is 18.0. The Bertz CT molecular complexity index is 861. The minimum absolute atomic E-state index is 0.00822. The van der Waals surface area contributed by atoms with Gasteiger partial charge in [0.05, 0.1) is 23.1 Å². The number of benzene rings is 1. The minimum Gasteiger partial charge on any atom is -0.379 e. The van der Waals surface area contributed by atoms with Crippen molar-refractivity contribution in [2.75, 3.05) is 5.32 Å². The maximum atomic E-state index is 12.8. The van der Waals surface area contributed by atoms with Crippen molar-refractivity contribution in [1.29, 1.82) is 0 Å². The van der Waals surface area contributed by atoms with Crippen LogP contribution in [0.15, 0.2) is 47.4 Å². The van der Waals surface area contributed by atoms with Crippen molar-refractivity contribution >= 4 is 17.3 Å². The van der Waals surface area contributed by atoms with Gasteiger partial charge in [-0.15, -0.1) is 0 Å². The molecule has 0 amide bonds. The van der Waals surface area contributed by atoms with Gasteiger partial charge in [-0.05, 0) is 37.5 Å². The molecule has 132 valence electrons. The third-order valence-corrected chi connectivity index (χ3v) is 4.33. The first-order valence-corrected chi connectivity index (χ1v) is 8.11. The standard InChI is InChI=1S/C17H15ClF3N3O/c18-15-14(23-12-6-2-1-3-7-12)10-22-24(16(15)25)13-8-4-5-11(9-13)17(19,20)21/h1-2,4-5,8-10,12,23H,3,6-7H2. The van der Waals surface area contributed by atoms with Crippen molar-refractivity contribution in [3.8, 4) is 5.69 Å². The lowest BCUT2D eigenvalue weighted by Crippen LogP contribution is -2.26. The Morgan fingerprint density at radius 1 is 1.28 bits per heavy atom. The van der Waals surface area contributed by atoms with Crippen LogP contribution in [0.2, 0.25) is 5.02 Å². The van der Waals surface area contributed by atoms with Gasteiger partial charge in [-0.3, -0.25) is 4.79 Å². The Kier molecular flexibility index (Phi) is 4.85. The van der Waals surface area contributed by atoms with E-state index in [4.69, 9.17) is 11.6 Å². The van der Waals surface area contributed by atoms with E-state index in [1.807, 2.05) is 6.08 Å². The zero-order valence-electron chi connectivity index (χ0n) is 13.1. The van der Waals surface area contributed by atoms with Crippen molar-refractivity contribution in [3.05, 3.63) is 63.6 Å². The summed E-state index contributed by atoms with van der Waals surface area (Å²) in [6.45, 7) is 0. The molecule has 1 atom stereocenters. The predicted octanol–water partition coefficient (Wildman–Crippen LogP) is 4.43. The van der Waals surface area contributed by atoms with Crippen LogP contribution >= 0.6 is 11.6 Å². The first-order valence-electron chi connectivity index (χ1n) is 7.73. The van der Waals surface area contributed by atoms with Crippen LogP contribution in [0.1, 0.15) is 24.8 Å². The topological polar surface area (TPSA) is 46.9 Å². The van der Waals surface area contributed by atoms with Gasteiger partial charge in [0.15, 0.2) is 0 Å². The third kappa shape index (κ3) is 3.87. The molecule has 1 aliphatic rings. The highest BCUT2D eigenvalue weighted by atomic mass is 35.5. The number of hydrogen-bond donors (Lipinski definition) is 1. The quantitative estimate of drug-likeness (QED) is 0.814. The molecule has 0 aliphatic heterocycles. The van der Waals surface area contributed by atoms with Crippen LogP contribution < -0.4 is 10.9 Å². The van der Waals surface area contributed by atoms with E-state index in [0.29, 0.717) is 5.69 Å². The number of nitrogens with zero attached hydrogens (tertiary/aromatic N) is 2. The van der Waals surface area contributed by atoms with Crippen LogP contribution in [0, 0.1) is 0 Å². The molecule has 1 aromatic carbocycles. The molecule has 8 heteroatoms. The largest absolute Gasteiger partial charge is 0.416 e. The third-order valence-electron chi connectivity index (χ3n) is 3.97. The van der Waals surface area contributed by atoms with Crippen LogP contribution in [0.4, 0.5) is 18.9 Å². The summed E-state index contributed by atoms with van der Waals surface area (Å²) in [7, 11) is 0. The fourth-order valence-electron chi connectivity index (χ4n) is 2.68. The van der Waals surface area contributed by atoms with Crippen molar-refractivity contribution < 1.29 is 13.2 Å². The molecule has 0 radical (unpaired) electrons. The normalized spacial score (nSPS) is 17.5. The van der Waals surface area contributed by atoms with Crippen LogP contribution in [0.25, 0.3) is 5.69 Å². The number of anilines is 1. The van der Waals surface area contributed by atoms with Crippen LogP contribution in [0.5, 0.6) is 0 Å². The second-order valence-corrected chi connectivity index (χ2v) is 6.14. The van der Waals surface area contributed by atoms with Gasteiger partial charge in [-0.25, -0.2) is 0 Å². The second kappa shape index (κ2) is 6.92. The van der Waals surface area contributed by atoms with E-state index < -0.39 is 17.3 Å². The molecule has 4 nitrogen and oxygen atoms in total. The molecule has 0 saturated carbocycles. The molecule has 3 rings (SSSR count). The van der Waals surface area contributed by atoms with E-state index in [0.717, 1.165) is 36.1 Å². The van der Waals surface area contributed by atoms with Gasteiger partial charge < -0.3 is 5.32 Å². The summed E-state index contributed by atoms with van der Waals surface area (Å²) in [5.41, 5.74) is -1.13. The highest BCUT2D eigenvalue weighted by Gasteiger charge is 2.30. The molecule has 2 aromatic rings. The summed E-state index contributed by atoms with van der Waals surface area (Å²) < 4.78 is 39.4. The molecular formula is C17H15ClF3N3O. The fourth-order valence-corrected chi connectivity index (χ4v) is 2.86. The van der Waals surface area contributed by atoms with E-state index in [1.165, 1.54) is 18.3 Å². The summed E-state index contributed by atoms with van der Waals surface area (Å²) >= 11 is 6.12. The van der Waals surface area contributed by atoms with Crippen molar-refractivity contribution in [1.82, 2.24) is 9.78 Å². The van der Waals surface area contributed by atoms with Crippen molar-refractivity contribution in [2.24, 2.45) is 0 Å². The highest BCUT2D eigenvalue weighted by molar-refractivity contribution is 6.32. The molecular weight excluding hydrogens is 355 g/mol. The van der Waals surface area contributed by atoms with Gasteiger partial charge in [-0.2, -0.15) is 23.0 Å². The lowest BCUT2D eigenvalue weighted by Gasteiger charge is -2.21. The van der Waals surface area contributed by atoms with E-state index in [9.17, 15) is 18.0 Å². The average Bonchev–Trinajstić information content (AvgIpc) is 2.59. The van der Waals surface area contributed by atoms with Crippen LogP contribution in [-0.2, 0) is 6.18 Å². The zero-order valence-corrected chi connectivity index (χ0v) is 13.8. The van der Waals surface area contributed by atoms with E-state index in [1.54, 1.807) is 0 Å². The van der Waals surface area contributed by atoms with Gasteiger partial charge in [0.1, 0.15) is 5.02 Å². The maximum absolute atomic E-state index is 12.8. The molecule has 0 saturated heterocycles. The summed E-state index contributed by atoms with van der Waals surface area (Å²) in [6.07, 6.45) is 3.65. The number of allylic oxidation sites excluding steroid dienone is 1. The minimum atomic E-state index is -4.50. The lowest BCUT2D eigenvalue weighted by atomic mass is 10.0. The Morgan fingerprint density at radius 2 is 2.08 bits per heavy atom. The Labute approximate surface area is 146 Å². The molecule has 0 bridgehead atoms. The molecule has 1 heterocycles. The molecule has 0 spiro atoms. The number of aromatic nitrogens is 2. The van der Waals surface area contributed by atoms with Gasteiger partial charge in [-0.1, -0.05) is 29.8 Å². The number of halogens is 4. The average molecular weight is 370 g/mol. The lowest BCUT2D eigenvalue weighted by molar-refractivity contribution is -0.137. The van der Waals surface area contributed by atoms with Gasteiger partial charge in [0, 0.05) is 6.04 Å². The molecule has 25 heavy (non-hydrogen) atoms. The fraction of sp³-hybridized carbons (Fsp3) is 0.294. The Hall–Kier alpha value is -2.28. The first-order chi connectivity index (χ1) is 11.9. The van der Waals surface area contributed by atoms with E-state index >= 15 is 0 Å². The van der Waals surface area contributed by atoms with Crippen LogP contribution in [0.3, 0.4) is 0 Å². The molecule has 1 aromatic heterocycles. The van der Waals surface area contributed by atoms with E-state index in [2.05, 4.69) is 16.5 Å². The van der Waals surface area contributed by atoms with Gasteiger partial charge >= 0.3 is 6.18 Å². The Morgan fingerprint density at radius 3 is 2.76 bits per heavy atom. The highest BCUT2D eigenvalue weighted by Crippen LogP contribution is 2.30. The SMILES string of the molecule is O=c1c(Cl)c(NC2CC=CCC2)cnn1-c1cccc(C(F)(F)F)c1.